The Labute approximate surface area is 107 Å². The fourth-order valence-electron chi connectivity index (χ4n) is 2.09. The van der Waals surface area contributed by atoms with E-state index in [0.717, 1.165) is 0 Å². The largest absolute Gasteiger partial charge is 0.453 e. The quantitative estimate of drug-likeness (QED) is 0.724. The van der Waals surface area contributed by atoms with Gasteiger partial charge >= 0.3 is 18.1 Å². The molecule has 0 spiro atoms. The molecule has 114 valence electrons. The lowest BCUT2D eigenvalue weighted by Crippen LogP contribution is -2.58. The van der Waals surface area contributed by atoms with Crippen molar-refractivity contribution in [3.05, 3.63) is 0 Å². The van der Waals surface area contributed by atoms with Gasteiger partial charge in [-0.25, -0.2) is 0 Å². The van der Waals surface area contributed by atoms with Gasteiger partial charge in [-0.3, -0.25) is 0 Å². The maximum atomic E-state index is 12.8. The van der Waals surface area contributed by atoms with Gasteiger partial charge in [0.2, 0.25) is 0 Å². The normalized spacial score (nSPS) is 27.8. The van der Waals surface area contributed by atoms with Gasteiger partial charge in [-0.1, -0.05) is 26.7 Å². The molecule has 0 aliphatic carbocycles. The summed E-state index contributed by atoms with van der Waals surface area (Å²) < 4.78 is 85.2. The number of ether oxygens (including phenoxy) is 2. The molecule has 1 fully saturated rings. The zero-order valence-corrected chi connectivity index (χ0v) is 10.6. The second-order valence-corrected chi connectivity index (χ2v) is 4.50. The molecule has 0 unspecified atom stereocenters. The number of hydrogen-bond donors (Lipinski definition) is 0. The summed E-state index contributed by atoms with van der Waals surface area (Å²) in [5.74, 6) is -4.49. The third-order valence-electron chi connectivity index (χ3n) is 2.94. The van der Waals surface area contributed by atoms with Crippen LogP contribution < -0.4 is 0 Å². The molecular weight excluding hydrogens is 278 g/mol. The summed E-state index contributed by atoms with van der Waals surface area (Å²) in [7, 11) is 0. The van der Waals surface area contributed by atoms with E-state index in [-0.39, 0.29) is 12.8 Å². The monoisotopic (exact) mass is 294 g/mol. The average Bonchev–Trinajstić information content (AvgIpc) is 2.58. The van der Waals surface area contributed by atoms with Gasteiger partial charge in [-0.15, -0.1) is 0 Å². The van der Waals surface area contributed by atoms with Crippen molar-refractivity contribution in [3.8, 4) is 0 Å². The second kappa shape index (κ2) is 5.47. The maximum absolute atomic E-state index is 12.8. The molecule has 19 heavy (non-hydrogen) atoms. The van der Waals surface area contributed by atoms with Gasteiger partial charge in [0.1, 0.15) is 0 Å². The third kappa shape index (κ3) is 2.99. The molecule has 8 heteroatoms. The first kappa shape index (κ1) is 16.6. The molecule has 0 saturated carbocycles. The molecule has 2 nitrogen and oxygen atoms in total. The molecule has 0 amide bonds. The van der Waals surface area contributed by atoms with E-state index in [2.05, 4.69) is 9.47 Å². The van der Waals surface area contributed by atoms with Gasteiger partial charge in [-0.05, 0) is 12.8 Å². The summed E-state index contributed by atoms with van der Waals surface area (Å²) in [5.41, 5.74) is 0. The van der Waals surface area contributed by atoms with Crippen molar-refractivity contribution in [1.82, 2.24) is 0 Å². The van der Waals surface area contributed by atoms with Crippen LogP contribution in [0.1, 0.15) is 39.5 Å². The third-order valence-corrected chi connectivity index (χ3v) is 2.94. The van der Waals surface area contributed by atoms with Crippen LogP contribution in [0.15, 0.2) is 0 Å². The lowest BCUT2D eigenvalue weighted by molar-refractivity contribution is -0.446. The molecule has 1 saturated heterocycles. The van der Waals surface area contributed by atoms with Gasteiger partial charge in [0, 0.05) is 0 Å². The van der Waals surface area contributed by atoms with E-state index in [0.29, 0.717) is 12.8 Å². The minimum Gasteiger partial charge on any atom is -0.329 e. The highest BCUT2D eigenvalue weighted by Gasteiger charge is 2.78. The van der Waals surface area contributed by atoms with Crippen LogP contribution in [0, 0.1) is 0 Å². The Morgan fingerprint density at radius 2 is 1.11 bits per heavy atom. The molecule has 0 N–H and O–H groups in total. The van der Waals surface area contributed by atoms with Gasteiger partial charge in [0.25, 0.3) is 0 Å². The molecule has 1 rings (SSSR count). The van der Waals surface area contributed by atoms with Crippen LogP contribution >= 0.6 is 0 Å². The fraction of sp³-hybridized carbons (Fsp3) is 1.00. The van der Waals surface area contributed by atoms with Crippen LogP contribution in [-0.2, 0) is 9.47 Å². The SMILES string of the molecule is CCC[C@H]1OC(C(F)(F)F)(C(F)(F)F)O[C@@H]1CCC. The Morgan fingerprint density at radius 3 is 1.32 bits per heavy atom. The van der Waals surface area contributed by atoms with E-state index in [1.165, 1.54) is 0 Å². The summed E-state index contributed by atoms with van der Waals surface area (Å²) in [6, 6.07) is 0. The molecule has 0 radical (unpaired) electrons. The minimum absolute atomic E-state index is 0.0958. The highest BCUT2D eigenvalue weighted by atomic mass is 19.4. The molecule has 1 aliphatic heterocycles. The van der Waals surface area contributed by atoms with Crippen LogP contribution in [0.5, 0.6) is 0 Å². The summed E-state index contributed by atoms with van der Waals surface area (Å²) in [6.45, 7) is 3.32. The zero-order chi connectivity index (χ0) is 14.9. The molecule has 2 atom stereocenters. The Kier molecular flexibility index (Phi) is 4.77. The van der Waals surface area contributed by atoms with Crippen LogP contribution in [0.4, 0.5) is 26.3 Å². The molecule has 0 aromatic carbocycles. The predicted octanol–water partition coefficient (Wildman–Crippen LogP) is 4.19. The summed E-state index contributed by atoms with van der Waals surface area (Å²) >= 11 is 0. The van der Waals surface area contributed by atoms with Crippen LogP contribution in [0.2, 0.25) is 0 Å². The number of hydrogen-bond acceptors (Lipinski definition) is 2. The Morgan fingerprint density at radius 1 is 0.789 bits per heavy atom. The summed E-state index contributed by atoms with van der Waals surface area (Å²) in [6.07, 6.45) is -12.7. The maximum Gasteiger partial charge on any atom is 0.453 e. The van der Waals surface area contributed by atoms with Crippen molar-refractivity contribution in [2.45, 2.75) is 69.9 Å². The smallest absolute Gasteiger partial charge is 0.329 e. The van der Waals surface area contributed by atoms with Crippen molar-refractivity contribution in [2.75, 3.05) is 0 Å². The van der Waals surface area contributed by atoms with Crippen molar-refractivity contribution < 1.29 is 35.8 Å². The van der Waals surface area contributed by atoms with E-state index >= 15 is 0 Å². The zero-order valence-electron chi connectivity index (χ0n) is 10.6. The lowest BCUT2D eigenvalue weighted by Gasteiger charge is -2.31. The molecular formula is C11H16F6O2. The topological polar surface area (TPSA) is 18.5 Å². The highest BCUT2D eigenvalue weighted by molar-refractivity contribution is 4.96. The Bertz CT molecular complexity index is 269. The number of halogens is 6. The molecule has 1 aliphatic rings. The first-order chi connectivity index (χ1) is 8.59. The van der Waals surface area contributed by atoms with Crippen molar-refractivity contribution >= 4 is 0 Å². The minimum atomic E-state index is -5.65. The van der Waals surface area contributed by atoms with E-state index in [9.17, 15) is 26.3 Å². The van der Waals surface area contributed by atoms with Gasteiger partial charge < -0.3 is 9.47 Å². The first-order valence-corrected chi connectivity index (χ1v) is 6.08. The van der Waals surface area contributed by atoms with E-state index in [1.54, 1.807) is 13.8 Å². The lowest BCUT2D eigenvalue weighted by atomic mass is 10.1. The number of rotatable bonds is 4. The molecule has 0 bridgehead atoms. The Hall–Kier alpha value is -0.500. The molecule has 0 aromatic heterocycles. The molecule has 0 aromatic rings. The van der Waals surface area contributed by atoms with Crippen LogP contribution in [0.25, 0.3) is 0 Å². The molecule has 1 heterocycles. The highest BCUT2D eigenvalue weighted by Crippen LogP contribution is 2.52. The van der Waals surface area contributed by atoms with Gasteiger partial charge in [0.15, 0.2) is 0 Å². The van der Waals surface area contributed by atoms with Crippen LogP contribution in [-0.4, -0.2) is 30.3 Å². The van der Waals surface area contributed by atoms with Crippen LogP contribution in [0.3, 0.4) is 0 Å². The van der Waals surface area contributed by atoms with Crippen molar-refractivity contribution in [2.24, 2.45) is 0 Å². The van der Waals surface area contributed by atoms with Gasteiger partial charge in [0.05, 0.1) is 12.2 Å². The summed E-state index contributed by atoms with van der Waals surface area (Å²) in [4.78, 5) is 0. The van der Waals surface area contributed by atoms with Crippen molar-refractivity contribution in [1.29, 1.82) is 0 Å². The van der Waals surface area contributed by atoms with E-state index < -0.39 is 30.3 Å². The average molecular weight is 294 g/mol. The van der Waals surface area contributed by atoms with Gasteiger partial charge in [-0.2, -0.15) is 26.3 Å². The van der Waals surface area contributed by atoms with Crippen molar-refractivity contribution in [3.63, 3.8) is 0 Å². The second-order valence-electron chi connectivity index (χ2n) is 4.50. The number of alkyl halides is 6. The predicted molar refractivity (Wildman–Crippen MR) is 54.4 cm³/mol. The van der Waals surface area contributed by atoms with E-state index in [4.69, 9.17) is 0 Å². The standard InChI is InChI=1S/C11H16F6O2/c1-3-5-7-8(6-4-2)19-9(18-7,10(12,13)14)11(15,16)17/h7-8H,3-6H2,1-2H3/t7-,8-/m1/s1. The van der Waals surface area contributed by atoms with E-state index in [1.807, 2.05) is 0 Å². The summed E-state index contributed by atoms with van der Waals surface area (Å²) in [5, 5.41) is 0. The fourth-order valence-corrected chi connectivity index (χ4v) is 2.09. The Balaban J connectivity index is 3.09. The first-order valence-electron chi connectivity index (χ1n) is 6.08.